The van der Waals surface area contributed by atoms with Crippen molar-refractivity contribution in [3.8, 4) is 5.75 Å². The molecule has 2 amide bonds. The van der Waals surface area contributed by atoms with Crippen LogP contribution in [0.25, 0.3) is 10.9 Å². The van der Waals surface area contributed by atoms with Crippen molar-refractivity contribution in [3.63, 3.8) is 0 Å². The van der Waals surface area contributed by atoms with Gasteiger partial charge in [-0.1, -0.05) is 57.0 Å². The molecule has 0 N–H and O–H groups in total. The van der Waals surface area contributed by atoms with Crippen LogP contribution in [-0.4, -0.2) is 63.7 Å². The zero-order valence-electron chi connectivity index (χ0n) is 23.1. The van der Waals surface area contributed by atoms with Crippen molar-refractivity contribution in [2.24, 2.45) is 5.92 Å². The molecule has 0 fully saturated rings. The minimum atomic E-state index is -0.0646. The van der Waals surface area contributed by atoms with Crippen molar-refractivity contribution in [1.82, 2.24) is 19.6 Å². The fourth-order valence-corrected chi connectivity index (χ4v) is 5.36. The number of carbonyl (C=O) groups excluding carboxylic acids is 2. The molecular formula is C31H42N4O3. The van der Waals surface area contributed by atoms with E-state index in [1.54, 1.807) is 0 Å². The van der Waals surface area contributed by atoms with Gasteiger partial charge in [0, 0.05) is 31.4 Å². The molecule has 1 atom stereocenters. The van der Waals surface area contributed by atoms with Crippen LogP contribution in [0, 0.1) is 5.92 Å². The van der Waals surface area contributed by atoms with E-state index in [9.17, 15) is 9.59 Å². The highest BCUT2D eigenvalue weighted by molar-refractivity contribution is 5.97. The fraction of sp³-hybridized carbons (Fsp3) is 0.516. The molecule has 0 radical (unpaired) electrons. The number of hydrogen-bond acceptors (Lipinski definition) is 4. The van der Waals surface area contributed by atoms with Crippen LogP contribution in [0.1, 0.15) is 69.7 Å². The topological polar surface area (TPSA) is 67.7 Å². The number of rotatable bonds is 6. The molecular weight excluding hydrogens is 476 g/mol. The Bertz CT molecular complexity index is 1200. The summed E-state index contributed by atoms with van der Waals surface area (Å²) in [5.41, 5.74) is 1.64. The molecule has 4 rings (SSSR count). The number of nitrogens with zero attached hydrogens (tertiary/aromatic N) is 4. The summed E-state index contributed by atoms with van der Waals surface area (Å²) >= 11 is 0. The van der Waals surface area contributed by atoms with Crippen LogP contribution in [0.2, 0.25) is 0 Å². The molecule has 1 aromatic heterocycles. The van der Waals surface area contributed by atoms with Gasteiger partial charge in [-0.05, 0) is 50.3 Å². The number of aromatic nitrogens is 2. The van der Waals surface area contributed by atoms with Gasteiger partial charge in [-0.2, -0.15) is 5.10 Å². The highest BCUT2D eigenvalue weighted by Crippen LogP contribution is 2.24. The van der Waals surface area contributed by atoms with Crippen molar-refractivity contribution in [1.29, 1.82) is 0 Å². The molecule has 0 saturated heterocycles. The first-order valence-electron chi connectivity index (χ1n) is 14.2. The highest BCUT2D eigenvalue weighted by atomic mass is 16.5. The van der Waals surface area contributed by atoms with Gasteiger partial charge < -0.3 is 14.5 Å². The lowest BCUT2D eigenvalue weighted by molar-refractivity contribution is -0.135. The number of benzene rings is 2. The van der Waals surface area contributed by atoms with Gasteiger partial charge in [0.2, 0.25) is 5.91 Å². The SMILES string of the molecule is CCN1CCCCCCN(C(=O)CCn2ncc3ccccc32)[C@@H](CC(C)C)COc2ccccc2C1=O. The van der Waals surface area contributed by atoms with Gasteiger partial charge in [-0.25, -0.2) is 0 Å². The number of aryl methyl sites for hydroxylation is 1. The van der Waals surface area contributed by atoms with Crippen LogP contribution < -0.4 is 4.74 Å². The molecule has 3 aromatic rings. The molecule has 0 aliphatic carbocycles. The van der Waals surface area contributed by atoms with Gasteiger partial charge in [0.1, 0.15) is 12.4 Å². The summed E-state index contributed by atoms with van der Waals surface area (Å²) in [6.45, 7) is 9.43. The second-order valence-corrected chi connectivity index (χ2v) is 10.7. The molecule has 38 heavy (non-hydrogen) atoms. The summed E-state index contributed by atoms with van der Waals surface area (Å²) in [5.74, 6) is 1.14. The first-order chi connectivity index (χ1) is 18.5. The number of carbonyl (C=O) groups is 2. The van der Waals surface area contributed by atoms with Crippen molar-refractivity contribution < 1.29 is 14.3 Å². The van der Waals surface area contributed by atoms with E-state index in [0.29, 0.717) is 43.3 Å². The number of ether oxygens (including phenoxy) is 1. The van der Waals surface area contributed by atoms with Crippen molar-refractivity contribution in [3.05, 3.63) is 60.3 Å². The van der Waals surface area contributed by atoms with Crippen molar-refractivity contribution in [2.75, 3.05) is 26.2 Å². The van der Waals surface area contributed by atoms with Gasteiger partial charge in [-0.3, -0.25) is 14.3 Å². The predicted molar refractivity (Wildman–Crippen MR) is 151 cm³/mol. The maximum atomic E-state index is 13.7. The number of para-hydroxylation sites is 2. The molecule has 0 unspecified atom stereocenters. The molecule has 0 spiro atoms. The monoisotopic (exact) mass is 518 g/mol. The maximum Gasteiger partial charge on any atom is 0.257 e. The Labute approximate surface area is 226 Å². The molecule has 7 heteroatoms. The minimum Gasteiger partial charge on any atom is -0.491 e. The summed E-state index contributed by atoms with van der Waals surface area (Å²) < 4.78 is 8.26. The van der Waals surface area contributed by atoms with Crippen LogP contribution >= 0.6 is 0 Å². The van der Waals surface area contributed by atoms with E-state index in [1.165, 1.54) is 0 Å². The largest absolute Gasteiger partial charge is 0.491 e. The predicted octanol–water partition coefficient (Wildman–Crippen LogP) is 5.78. The second-order valence-electron chi connectivity index (χ2n) is 10.7. The second kappa shape index (κ2) is 13.4. The summed E-state index contributed by atoms with van der Waals surface area (Å²) in [6, 6.07) is 15.5. The minimum absolute atomic E-state index is 0.0138. The van der Waals surface area contributed by atoms with Crippen LogP contribution in [0.5, 0.6) is 5.75 Å². The van der Waals surface area contributed by atoms with E-state index in [-0.39, 0.29) is 17.9 Å². The molecule has 1 aliphatic rings. The van der Waals surface area contributed by atoms with Gasteiger partial charge in [0.15, 0.2) is 0 Å². The summed E-state index contributed by atoms with van der Waals surface area (Å²) in [4.78, 5) is 31.0. The lowest BCUT2D eigenvalue weighted by atomic mass is 10.0. The summed E-state index contributed by atoms with van der Waals surface area (Å²) in [6.07, 6.45) is 7.06. The molecule has 1 aliphatic heterocycles. The standard InChI is InChI=1S/C31H42N4O3/c1-4-33-18-11-5-6-12-19-34(30(36)17-20-35-28-15-9-7-13-25(28)22-32-35)26(21-24(2)3)23-38-29-16-10-8-14-27(29)31(33)37/h7-10,13-16,22,24,26H,4-6,11-12,17-21,23H2,1-3H3/t26-/m0/s1. The average molecular weight is 519 g/mol. The van der Waals surface area contributed by atoms with E-state index < -0.39 is 0 Å². The van der Waals surface area contributed by atoms with Crippen LogP contribution in [0.4, 0.5) is 0 Å². The lowest BCUT2D eigenvalue weighted by Crippen LogP contribution is -2.45. The van der Waals surface area contributed by atoms with Gasteiger partial charge in [0.25, 0.3) is 5.91 Å². The number of hydrogen-bond donors (Lipinski definition) is 0. The maximum absolute atomic E-state index is 13.7. The third-order valence-electron chi connectivity index (χ3n) is 7.39. The Morgan fingerprint density at radius 3 is 2.55 bits per heavy atom. The smallest absolute Gasteiger partial charge is 0.257 e. The highest BCUT2D eigenvalue weighted by Gasteiger charge is 2.27. The first kappa shape index (κ1) is 27.7. The number of fused-ring (bicyclic) bond motifs is 2. The molecule has 2 aromatic carbocycles. The van der Waals surface area contributed by atoms with E-state index >= 15 is 0 Å². The van der Waals surface area contributed by atoms with Crippen molar-refractivity contribution in [2.45, 2.75) is 71.9 Å². The van der Waals surface area contributed by atoms with E-state index in [1.807, 2.05) is 76.1 Å². The zero-order chi connectivity index (χ0) is 26.9. The first-order valence-corrected chi connectivity index (χ1v) is 14.2. The molecule has 7 nitrogen and oxygen atoms in total. The van der Waals surface area contributed by atoms with E-state index in [4.69, 9.17) is 4.74 Å². The lowest BCUT2D eigenvalue weighted by Gasteiger charge is -2.34. The zero-order valence-corrected chi connectivity index (χ0v) is 23.1. The van der Waals surface area contributed by atoms with E-state index in [2.05, 4.69) is 18.9 Å². The Morgan fingerprint density at radius 2 is 1.76 bits per heavy atom. The van der Waals surface area contributed by atoms with Gasteiger partial charge in [-0.15, -0.1) is 0 Å². The van der Waals surface area contributed by atoms with Crippen LogP contribution in [0.3, 0.4) is 0 Å². The summed E-state index contributed by atoms with van der Waals surface area (Å²) in [7, 11) is 0. The van der Waals surface area contributed by atoms with Gasteiger partial charge in [0.05, 0.1) is 29.9 Å². The van der Waals surface area contributed by atoms with Crippen molar-refractivity contribution >= 4 is 22.7 Å². The van der Waals surface area contributed by atoms with E-state index in [0.717, 1.165) is 56.1 Å². The Morgan fingerprint density at radius 1 is 1.03 bits per heavy atom. The Hall–Kier alpha value is -3.35. The molecule has 2 heterocycles. The third kappa shape index (κ3) is 6.94. The van der Waals surface area contributed by atoms with Crippen LogP contribution in [0.15, 0.2) is 54.7 Å². The normalized spacial score (nSPS) is 17.8. The van der Waals surface area contributed by atoms with Crippen LogP contribution in [-0.2, 0) is 11.3 Å². The number of amides is 2. The fourth-order valence-electron chi connectivity index (χ4n) is 5.36. The molecule has 0 bridgehead atoms. The quantitative estimate of drug-likeness (QED) is 0.415. The average Bonchev–Trinajstić information content (AvgIpc) is 3.34. The molecule has 204 valence electrons. The Kier molecular flexibility index (Phi) is 9.79. The molecule has 0 saturated carbocycles. The third-order valence-corrected chi connectivity index (χ3v) is 7.39. The summed E-state index contributed by atoms with van der Waals surface area (Å²) in [5, 5.41) is 5.60. The van der Waals surface area contributed by atoms with Gasteiger partial charge >= 0.3 is 0 Å². The Balaban J connectivity index is 1.55.